The minimum absolute atomic E-state index is 0.0336. The van der Waals surface area contributed by atoms with Crippen LogP contribution in [0.3, 0.4) is 0 Å². The summed E-state index contributed by atoms with van der Waals surface area (Å²) in [6.45, 7) is 0.610. The average Bonchev–Trinajstić information content (AvgIpc) is 2.74. The Bertz CT molecular complexity index is 1150. The number of aromatic nitrogens is 2. The first-order chi connectivity index (χ1) is 14.1. The van der Waals surface area contributed by atoms with Gasteiger partial charge in [-0.25, -0.2) is 5.10 Å². The number of hydrogen-bond acceptors (Lipinski definition) is 5. The van der Waals surface area contributed by atoms with Crippen molar-refractivity contribution in [3.63, 3.8) is 0 Å². The summed E-state index contributed by atoms with van der Waals surface area (Å²) in [6.07, 6.45) is 2.28. The summed E-state index contributed by atoms with van der Waals surface area (Å²) < 4.78 is 5.40. The number of carbonyl (C=O) groups excluding carboxylic acids is 2. The van der Waals surface area contributed by atoms with Gasteiger partial charge < -0.3 is 15.0 Å². The number of carbonyl (C=O) groups is 2. The van der Waals surface area contributed by atoms with Crippen LogP contribution in [0.2, 0.25) is 0 Å². The van der Waals surface area contributed by atoms with Crippen molar-refractivity contribution in [2.24, 2.45) is 0 Å². The number of ether oxygens (including phenoxy) is 1. The number of nitrogens with zero attached hydrogens (tertiary/aromatic N) is 2. The van der Waals surface area contributed by atoms with Crippen molar-refractivity contribution in [3.8, 4) is 5.75 Å². The number of H-pyrrole nitrogens is 1. The molecule has 0 radical (unpaired) electrons. The predicted octanol–water partition coefficient (Wildman–Crippen LogP) is 2.70. The molecule has 2 heterocycles. The van der Waals surface area contributed by atoms with Crippen LogP contribution in [-0.2, 0) is 4.79 Å². The quantitative estimate of drug-likeness (QED) is 0.710. The Morgan fingerprint density at radius 1 is 1.14 bits per heavy atom. The zero-order valence-electron chi connectivity index (χ0n) is 15.9. The number of aromatic amines is 1. The SMILES string of the molecule is COc1ccc(NC(=O)c2n[nH]c(=O)c3ccccc23)cc1N1CCCCC1=O. The molecule has 2 amide bonds. The van der Waals surface area contributed by atoms with Crippen LogP contribution in [0.15, 0.2) is 47.3 Å². The third-order valence-electron chi connectivity index (χ3n) is 4.96. The largest absolute Gasteiger partial charge is 0.495 e. The third-order valence-corrected chi connectivity index (χ3v) is 4.96. The number of hydrogen-bond donors (Lipinski definition) is 2. The molecule has 1 fully saturated rings. The van der Waals surface area contributed by atoms with Gasteiger partial charge >= 0.3 is 0 Å². The van der Waals surface area contributed by atoms with Gasteiger partial charge in [0.1, 0.15) is 5.75 Å². The first-order valence-corrected chi connectivity index (χ1v) is 9.35. The molecule has 0 unspecified atom stereocenters. The van der Waals surface area contributed by atoms with Crippen LogP contribution in [0.4, 0.5) is 11.4 Å². The molecule has 0 saturated carbocycles. The highest BCUT2D eigenvalue weighted by Gasteiger charge is 2.23. The van der Waals surface area contributed by atoms with Crippen LogP contribution in [-0.4, -0.2) is 35.7 Å². The molecule has 8 nitrogen and oxygen atoms in total. The van der Waals surface area contributed by atoms with Crippen molar-refractivity contribution in [2.45, 2.75) is 19.3 Å². The predicted molar refractivity (Wildman–Crippen MR) is 110 cm³/mol. The molecule has 8 heteroatoms. The molecule has 4 rings (SSSR count). The molecule has 2 aromatic carbocycles. The van der Waals surface area contributed by atoms with Gasteiger partial charge in [0.25, 0.3) is 11.5 Å². The second-order valence-electron chi connectivity index (χ2n) is 6.79. The summed E-state index contributed by atoms with van der Waals surface area (Å²) in [5.41, 5.74) is 0.884. The highest BCUT2D eigenvalue weighted by molar-refractivity contribution is 6.11. The monoisotopic (exact) mass is 392 g/mol. The lowest BCUT2D eigenvalue weighted by atomic mass is 10.1. The molecule has 0 atom stereocenters. The summed E-state index contributed by atoms with van der Waals surface area (Å²) in [7, 11) is 1.54. The van der Waals surface area contributed by atoms with E-state index in [1.807, 2.05) is 0 Å². The summed E-state index contributed by atoms with van der Waals surface area (Å²) in [4.78, 5) is 38.8. The molecule has 148 valence electrons. The topological polar surface area (TPSA) is 104 Å². The highest BCUT2D eigenvalue weighted by atomic mass is 16.5. The lowest BCUT2D eigenvalue weighted by Gasteiger charge is -2.28. The van der Waals surface area contributed by atoms with Crippen LogP contribution >= 0.6 is 0 Å². The number of fused-ring (bicyclic) bond motifs is 1. The van der Waals surface area contributed by atoms with Gasteiger partial charge in [0.2, 0.25) is 5.91 Å². The highest BCUT2D eigenvalue weighted by Crippen LogP contribution is 2.33. The summed E-state index contributed by atoms with van der Waals surface area (Å²) in [5, 5.41) is 9.93. The third kappa shape index (κ3) is 3.56. The molecule has 0 aliphatic carbocycles. The lowest BCUT2D eigenvalue weighted by Crippen LogP contribution is -2.35. The fraction of sp³-hybridized carbons (Fsp3) is 0.238. The minimum Gasteiger partial charge on any atom is -0.495 e. The van der Waals surface area contributed by atoms with Gasteiger partial charge in [0, 0.05) is 24.0 Å². The number of amides is 2. The smallest absolute Gasteiger partial charge is 0.276 e. The van der Waals surface area contributed by atoms with Crippen molar-refractivity contribution >= 4 is 34.0 Å². The van der Waals surface area contributed by atoms with Crippen molar-refractivity contribution in [2.75, 3.05) is 23.9 Å². The van der Waals surface area contributed by atoms with Crippen molar-refractivity contribution in [3.05, 3.63) is 58.5 Å². The summed E-state index contributed by atoms with van der Waals surface area (Å²) in [5.74, 6) is 0.135. The maximum atomic E-state index is 12.8. The molecule has 1 aliphatic rings. The van der Waals surface area contributed by atoms with Crippen molar-refractivity contribution in [1.29, 1.82) is 0 Å². The fourth-order valence-corrected chi connectivity index (χ4v) is 3.52. The molecule has 0 bridgehead atoms. The Kier molecular flexibility index (Phi) is 4.99. The van der Waals surface area contributed by atoms with Crippen LogP contribution in [0.1, 0.15) is 29.8 Å². The van der Waals surface area contributed by atoms with Crippen LogP contribution < -0.4 is 20.5 Å². The Morgan fingerprint density at radius 2 is 1.93 bits per heavy atom. The average molecular weight is 392 g/mol. The normalized spacial score (nSPS) is 14.1. The van der Waals surface area contributed by atoms with Crippen LogP contribution in [0.25, 0.3) is 10.8 Å². The van der Waals surface area contributed by atoms with Crippen LogP contribution in [0, 0.1) is 0 Å². The molecule has 1 aromatic heterocycles. The maximum Gasteiger partial charge on any atom is 0.276 e. The van der Waals surface area contributed by atoms with E-state index in [4.69, 9.17) is 4.74 Å². The van der Waals surface area contributed by atoms with Crippen LogP contribution in [0.5, 0.6) is 5.75 Å². The Labute approximate surface area is 166 Å². The van der Waals surface area contributed by atoms with Gasteiger partial charge in [-0.3, -0.25) is 14.4 Å². The lowest BCUT2D eigenvalue weighted by molar-refractivity contribution is -0.119. The molecule has 29 heavy (non-hydrogen) atoms. The first-order valence-electron chi connectivity index (χ1n) is 9.35. The minimum atomic E-state index is -0.460. The van der Waals surface area contributed by atoms with Gasteiger partial charge in [0.05, 0.1) is 18.2 Å². The Morgan fingerprint density at radius 3 is 2.69 bits per heavy atom. The zero-order chi connectivity index (χ0) is 20.4. The van der Waals surface area contributed by atoms with E-state index >= 15 is 0 Å². The van der Waals surface area contributed by atoms with E-state index in [0.717, 1.165) is 12.8 Å². The van der Waals surface area contributed by atoms with E-state index < -0.39 is 5.91 Å². The number of piperidine rings is 1. The number of benzene rings is 2. The Balaban J connectivity index is 1.67. The van der Waals surface area contributed by atoms with Crippen molar-refractivity contribution in [1.82, 2.24) is 10.2 Å². The van der Waals surface area contributed by atoms with E-state index in [9.17, 15) is 14.4 Å². The van der Waals surface area contributed by atoms with E-state index in [1.165, 1.54) is 0 Å². The number of nitrogens with one attached hydrogen (secondary N) is 2. The number of methoxy groups -OCH3 is 1. The second-order valence-corrected chi connectivity index (χ2v) is 6.79. The van der Waals surface area contributed by atoms with Gasteiger partial charge in [-0.05, 0) is 37.1 Å². The van der Waals surface area contributed by atoms with Crippen molar-refractivity contribution < 1.29 is 14.3 Å². The molecule has 1 saturated heterocycles. The first kappa shape index (κ1) is 18.7. The van der Waals surface area contributed by atoms with E-state index in [0.29, 0.717) is 40.9 Å². The van der Waals surface area contributed by atoms with E-state index in [1.54, 1.807) is 54.5 Å². The molecule has 0 spiro atoms. The van der Waals surface area contributed by atoms with Gasteiger partial charge in [-0.15, -0.1) is 0 Å². The fourth-order valence-electron chi connectivity index (χ4n) is 3.52. The molecule has 2 N–H and O–H groups in total. The van der Waals surface area contributed by atoms with E-state index in [2.05, 4.69) is 15.5 Å². The summed E-state index contributed by atoms with van der Waals surface area (Å²) >= 11 is 0. The Hall–Kier alpha value is -3.68. The molecule has 3 aromatic rings. The van der Waals surface area contributed by atoms with Gasteiger partial charge in [-0.2, -0.15) is 5.10 Å². The van der Waals surface area contributed by atoms with E-state index in [-0.39, 0.29) is 17.2 Å². The second kappa shape index (κ2) is 7.75. The standard InChI is InChI=1S/C21H20N4O4/c1-29-17-10-9-13(12-16(17)25-11-5-4-8-18(25)26)22-21(28)19-14-6-2-3-7-15(14)20(27)24-23-19/h2-3,6-7,9-10,12H,4-5,8,11H2,1H3,(H,22,28)(H,24,27). The zero-order valence-corrected chi connectivity index (χ0v) is 15.9. The maximum absolute atomic E-state index is 12.8. The van der Waals surface area contributed by atoms with Gasteiger partial charge in [0.15, 0.2) is 5.69 Å². The molecule has 1 aliphatic heterocycles. The molecular formula is C21H20N4O4. The van der Waals surface area contributed by atoms with Gasteiger partial charge in [-0.1, -0.05) is 18.2 Å². The number of rotatable bonds is 4. The molecular weight excluding hydrogens is 372 g/mol. The summed E-state index contributed by atoms with van der Waals surface area (Å²) in [6, 6.07) is 11.9. The number of anilines is 2.